The number of nitriles is 2. The Labute approximate surface area is 504 Å². The van der Waals surface area contributed by atoms with E-state index in [4.69, 9.17) is 43.0 Å². The maximum atomic E-state index is 10.3. The van der Waals surface area contributed by atoms with Gasteiger partial charge in [0.05, 0.1) is 69.9 Å². The van der Waals surface area contributed by atoms with E-state index >= 15 is 0 Å². The van der Waals surface area contributed by atoms with E-state index in [1.165, 1.54) is 0 Å². The second-order valence-electron chi connectivity index (χ2n) is 21.0. The molecular formula is C76H42N12. The molecule has 11 aromatic carbocycles. The first-order valence-corrected chi connectivity index (χ1v) is 28.3. The van der Waals surface area contributed by atoms with Gasteiger partial charge in [0.15, 0.2) is 46.3 Å². The standard InChI is InChI=1S/C76H42N12/c1-79-55-34-38-65-61(43-55)59-40-47(45-77)32-36-63(59)87(65)67-30-16-28-57(75-83-71(49-18-7-3-8-19-49)81-72(84-75)50-20-9-4-10-21-50)69(67)53-26-15-27-54(42-53)70-58(76-85-73(51-22-11-5-12-23-51)82-74(86-76)52-24-13-6-14-25-52)29-17-31-68(70)88-64-37-33-48(46-78)41-60(64)62-44-56(80-2)35-39-66(62)88/h3-44H. The topological polar surface area (TPSA) is 144 Å². The zero-order valence-electron chi connectivity index (χ0n) is 46.6. The first-order chi connectivity index (χ1) is 43.4. The first-order valence-electron chi connectivity index (χ1n) is 28.3. The van der Waals surface area contributed by atoms with Crippen molar-refractivity contribution in [2.45, 2.75) is 0 Å². The Morgan fingerprint density at radius 2 is 0.602 bits per heavy atom. The van der Waals surface area contributed by atoms with Gasteiger partial charge in [0.1, 0.15) is 0 Å². The van der Waals surface area contributed by atoms with Crippen molar-refractivity contribution >= 4 is 55.0 Å². The van der Waals surface area contributed by atoms with Gasteiger partial charge in [0, 0.05) is 55.3 Å². The van der Waals surface area contributed by atoms with Crippen molar-refractivity contribution < 1.29 is 0 Å². The molecule has 0 radical (unpaired) electrons. The molecule has 4 aromatic heterocycles. The van der Waals surface area contributed by atoms with Crippen LogP contribution in [0.5, 0.6) is 0 Å². The molecule has 0 aliphatic carbocycles. The van der Waals surface area contributed by atoms with Crippen LogP contribution in [0.25, 0.3) is 155 Å². The number of aromatic nitrogens is 8. The molecule has 12 nitrogen and oxygen atoms in total. The van der Waals surface area contributed by atoms with Crippen molar-refractivity contribution in [1.82, 2.24) is 39.0 Å². The summed E-state index contributed by atoms with van der Waals surface area (Å²) in [4.78, 5) is 39.2. The quantitative estimate of drug-likeness (QED) is 0.123. The van der Waals surface area contributed by atoms with Crippen LogP contribution in [0.2, 0.25) is 0 Å². The average Bonchev–Trinajstić information content (AvgIpc) is 1.76. The summed E-state index contributed by atoms with van der Waals surface area (Å²) >= 11 is 0. The van der Waals surface area contributed by atoms with E-state index in [0.29, 0.717) is 68.6 Å². The van der Waals surface area contributed by atoms with E-state index in [2.05, 4.69) is 79.5 Å². The molecular weight excluding hydrogens is 1080 g/mol. The van der Waals surface area contributed by atoms with Crippen molar-refractivity contribution in [2.75, 3.05) is 0 Å². The number of rotatable bonds is 10. The van der Waals surface area contributed by atoms with Gasteiger partial charge in [-0.1, -0.05) is 176 Å². The minimum Gasteiger partial charge on any atom is -0.309 e. The van der Waals surface area contributed by atoms with E-state index in [-0.39, 0.29) is 0 Å². The fourth-order valence-corrected chi connectivity index (χ4v) is 11.9. The Balaban J connectivity index is 1.06. The number of fused-ring (bicyclic) bond motifs is 6. The molecule has 88 heavy (non-hydrogen) atoms. The summed E-state index contributed by atoms with van der Waals surface area (Å²) in [5, 5.41) is 23.8. The summed E-state index contributed by atoms with van der Waals surface area (Å²) in [5.74, 6) is 2.87. The lowest BCUT2D eigenvalue weighted by molar-refractivity contribution is 1.07. The molecule has 0 spiro atoms. The monoisotopic (exact) mass is 1120 g/mol. The number of benzene rings is 11. The predicted molar refractivity (Wildman–Crippen MR) is 347 cm³/mol. The minimum absolute atomic E-state index is 0.437. The van der Waals surface area contributed by atoms with Crippen LogP contribution in [0.3, 0.4) is 0 Å². The average molecular weight is 1120 g/mol. The van der Waals surface area contributed by atoms with Gasteiger partial charge in [-0.3, -0.25) is 0 Å². The SMILES string of the molecule is [C-]#[N+]c1ccc2c(c1)c1cc(C#N)ccc1n2-c1cccc(-c2nc(-c3ccccc3)nc(-c3ccccc3)n2)c1-c1cccc(-c2c(-c3nc(-c4ccccc4)nc(-c4ccccc4)n3)cccc2-n2c3ccc(C#N)cc3c3cc([N+]#[C-])ccc32)c1. The maximum Gasteiger partial charge on any atom is 0.188 e. The van der Waals surface area contributed by atoms with E-state index in [1.54, 1.807) is 0 Å². The van der Waals surface area contributed by atoms with E-state index in [9.17, 15) is 10.5 Å². The van der Waals surface area contributed by atoms with E-state index in [1.807, 2.05) is 206 Å². The van der Waals surface area contributed by atoms with E-state index < -0.39 is 0 Å². The van der Waals surface area contributed by atoms with Crippen molar-refractivity contribution in [1.29, 1.82) is 10.5 Å². The third kappa shape index (κ3) is 9.00. The molecule has 0 aliphatic heterocycles. The molecule has 0 unspecified atom stereocenters. The predicted octanol–water partition coefficient (Wildman–Crippen LogP) is 18.4. The molecule has 15 rings (SSSR count). The Bertz CT molecular complexity index is 4900. The van der Waals surface area contributed by atoms with Crippen LogP contribution in [-0.4, -0.2) is 39.0 Å². The van der Waals surface area contributed by atoms with Gasteiger partial charge in [-0.25, -0.2) is 39.6 Å². The third-order valence-electron chi connectivity index (χ3n) is 15.9. The molecule has 15 aromatic rings. The van der Waals surface area contributed by atoms with Gasteiger partial charge in [0.25, 0.3) is 0 Å². The Morgan fingerprint density at radius 1 is 0.295 bits per heavy atom. The number of hydrogen-bond donors (Lipinski definition) is 0. The second kappa shape index (κ2) is 21.6. The van der Waals surface area contributed by atoms with Crippen LogP contribution in [0.15, 0.2) is 255 Å². The van der Waals surface area contributed by atoms with Gasteiger partial charge in [-0.05, 0) is 101 Å². The molecule has 406 valence electrons. The molecule has 12 heteroatoms. The largest absolute Gasteiger partial charge is 0.309 e. The summed E-state index contributed by atoms with van der Waals surface area (Å²) in [6, 6.07) is 87.8. The van der Waals surface area contributed by atoms with Gasteiger partial charge in [0.2, 0.25) is 0 Å². The third-order valence-corrected chi connectivity index (χ3v) is 15.9. The van der Waals surface area contributed by atoms with Crippen LogP contribution in [0, 0.1) is 35.8 Å². The molecule has 0 bridgehead atoms. The highest BCUT2D eigenvalue weighted by Crippen LogP contribution is 2.46. The van der Waals surface area contributed by atoms with E-state index in [0.717, 1.165) is 99.5 Å². The normalized spacial score (nSPS) is 11.1. The Kier molecular flexibility index (Phi) is 12.7. The summed E-state index contributed by atoms with van der Waals surface area (Å²) in [6.45, 7) is 16.1. The molecule has 0 atom stereocenters. The summed E-state index contributed by atoms with van der Waals surface area (Å²) in [7, 11) is 0. The molecule has 0 aliphatic rings. The van der Waals surface area contributed by atoms with Gasteiger partial charge < -0.3 is 9.13 Å². The van der Waals surface area contributed by atoms with Crippen molar-refractivity contribution in [3.8, 4) is 114 Å². The lowest BCUT2D eigenvalue weighted by atomic mass is 9.91. The maximum absolute atomic E-state index is 10.3. The zero-order valence-corrected chi connectivity index (χ0v) is 46.6. The van der Waals surface area contributed by atoms with Gasteiger partial charge >= 0.3 is 0 Å². The summed E-state index contributed by atoms with van der Waals surface area (Å²) in [5.41, 5.74) is 14.7. The zero-order chi connectivity index (χ0) is 59.2. The van der Waals surface area contributed by atoms with Gasteiger partial charge in [-0.2, -0.15) is 10.5 Å². The van der Waals surface area contributed by atoms with Crippen molar-refractivity contribution in [3.63, 3.8) is 0 Å². The highest BCUT2D eigenvalue weighted by molar-refractivity contribution is 6.13. The molecule has 0 saturated carbocycles. The molecule has 0 amide bonds. The fraction of sp³-hybridized carbons (Fsp3) is 0. The highest BCUT2D eigenvalue weighted by atomic mass is 15.1. The van der Waals surface area contributed by atoms with Crippen LogP contribution in [0.1, 0.15) is 11.1 Å². The van der Waals surface area contributed by atoms with Crippen molar-refractivity contribution in [3.05, 3.63) is 289 Å². The van der Waals surface area contributed by atoms with Crippen LogP contribution < -0.4 is 0 Å². The first kappa shape index (κ1) is 51.8. The lowest BCUT2D eigenvalue weighted by Gasteiger charge is -2.21. The Hall–Kier alpha value is -13.0. The minimum atomic E-state index is 0.437. The van der Waals surface area contributed by atoms with Crippen molar-refractivity contribution in [2.24, 2.45) is 0 Å². The lowest BCUT2D eigenvalue weighted by Crippen LogP contribution is -2.05. The van der Waals surface area contributed by atoms with Crippen LogP contribution >= 0.6 is 0 Å². The van der Waals surface area contributed by atoms with Crippen LogP contribution in [-0.2, 0) is 0 Å². The smallest absolute Gasteiger partial charge is 0.188 e. The molecule has 0 N–H and O–H groups in total. The fourth-order valence-electron chi connectivity index (χ4n) is 11.9. The molecule has 4 heterocycles. The molecule has 0 fully saturated rings. The van der Waals surface area contributed by atoms with Gasteiger partial charge in [-0.15, -0.1) is 0 Å². The van der Waals surface area contributed by atoms with Crippen LogP contribution in [0.4, 0.5) is 11.4 Å². The molecule has 0 saturated heterocycles. The highest BCUT2D eigenvalue weighted by Gasteiger charge is 2.26. The summed E-state index contributed by atoms with van der Waals surface area (Å²) in [6.07, 6.45) is 0. The number of nitrogens with zero attached hydrogens (tertiary/aromatic N) is 12. The Morgan fingerprint density at radius 3 is 0.943 bits per heavy atom. The number of hydrogen-bond acceptors (Lipinski definition) is 8. The second-order valence-corrected chi connectivity index (χ2v) is 21.0. The summed E-state index contributed by atoms with van der Waals surface area (Å²) < 4.78 is 4.40.